The lowest BCUT2D eigenvalue weighted by Gasteiger charge is -2.30. The number of nitrogens with one attached hydrogen (secondary N) is 1. The van der Waals surface area contributed by atoms with Crippen LogP contribution in [0, 0.1) is 0 Å². The maximum absolute atomic E-state index is 6.09. The van der Waals surface area contributed by atoms with Crippen molar-refractivity contribution in [3.63, 3.8) is 0 Å². The average molecular weight is 231 g/mol. The molecule has 2 nitrogen and oxygen atoms in total. The van der Waals surface area contributed by atoms with E-state index in [1.807, 2.05) is 0 Å². The van der Waals surface area contributed by atoms with Gasteiger partial charge in [-0.1, -0.05) is 24.6 Å². The fraction of sp³-hybridized carbons (Fsp3) is 0.600. The Balaban J connectivity index is 1.76. The summed E-state index contributed by atoms with van der Waals surface area (Å²) in [5.74, 6) is 1.11. The Hall–Kier alpha value is -1.02. The summed E-state index contributed by atoms with van der Waals surface area (Å²) in [6, 6.07) is 9.06. The van der Waals surface area contributed by atoms with Gasteiger partial charge in [0.1, 0.15) is 5.75 Å². The largest absolute Gasteiger partial charge is 0.490 e. The molecule has 2 heteroatoms. The quantitative estimate of drug-likeness (QED) is 0.860. The van der Waals surface area contributed by atoms with Crippen molar-refractivity contribution in [2.75, 3.05) is 6.54 Å². The van der Waals surface area contributed by atoms with E-state index in [-0.39, 0.29) is 0 Å². The Morgan fingerprint density at radius 1 is 1.00 bits per heavy atom. The van der Waals surface area contributed by atoms with Crippen molar-refractivity contribution in [3.8, 4) is 5.75 Å². The Morgan fingerprint density at radius 3 is 2.59 bits per heavy atom. The SMILES string of the molecule is c1ccc(C2CCCCN2)c(OC2CCC2)c1. The van der Waals surface area contributed by atoms with E-state index in [4.69, 9.17) is 4.74 Å². The molecule has 1 heterocycles. The molecule has 0 amide bonds. The standard InChI is InChI=1S/C15H21NO/c1-2-10-15(17-12-6-5-7-12)13(8-1)14-9-3-4-11-16-14/h1-2,8,10,12,14,16H,3-7,9,11H2. The van der Waals surface area contributed by atoms with Crippen LogP contribution < -0.4 is 10.1 Å². The minimum Gasteiger partial charge on any atom is -0.490 e. The molecule has 0 bridgehead atoms. The van der Waals surface area contributed by atoms with Crippen LogP contribution in [0.3, 0.4) is 0 Å². The highest BCUT2D eigenvalue weighted by atomic mass is 16.5. The van der Waals surface area contributed by atoms with Crippen LogP contribution in [0.4, 0.5) is 0 Å². The van der Waals surface area contributed by atoms with Crippen LogP contribution in [-0.4, -0.2) is 12.6 Å². The molecule has 1 unspecified atom stereocenters. The maximum atomic E-state index is 6.09. The van der Waals surface area contributed by atoms with E-state index in [9.17, 15) is 0 Å². The smallest absolute Gasteiger partial charge is 0.124 e. The molecule has 1 saturated carbocycles. The Bertz CT molecular complexity index is 367. The molecule has 1 aliphatic carbocycles. The number of rotatable bonds is 3. The number of ether oxygens (including phenoxy) is 1. The van der Waals surface area contributed by atoms with Crippen molar-refractivity contribution in [2.24, 2.45) is 0 Å². The topological polar surface area (TPSA) is 21.3 Å². The first kappa shape index (κ1) is 11.1. The summed E-state index contributed by atoms with van der Waals surface area (Å²) in [5, 5.41) is 3.61. The molecule has 3 rings (SSSR count). The van der Waals surface area contributed by atoms with Crippen molar-refractivity contribution < 1.29 is 4.74 Å². The van der Waals surface area contributed by atoms with E-state index in [2.05, 4.69) is 29.6 Å². The van der Waals surface area contributed by atoms with E-state index in [0.717, 1.165) is 12.3 Å². The molecule has 1 atom stereocenters. The Labute approximate surface area is 103 Å². The number of benzene rings is 1. The predicted octanol–water partition coefficient (Wildman–Crippen LogP) is 3.43. The highest BCUT2D eigenvalue weighted by Gasteiger charge is 2.23. The number of piperidine rings is 1. The van der Waals surface area contributed by atoms with Crippen LogP contribution in [0.2, 0.25) is 0 Å². The molecule has 2 aliphatic rings. The first-order chi connectivity index (χ1) is 8.43. The van der Waals surface area contributed by atoms with Gasteiger partial charge in [-0.05, 0) is 44.7 Å². The van der Waals surface area contributed by atoms with E-state index in [1.165, 1.54) is 44.1 Å². The third kappa shape index (κ3) is 2.47. The number of para-hydroxylation sites is 1. The molecule has 2 fully saturated rings. The molecule has 1 aromatic carbocycles. The molecule has 1 saturated heterocycles. The molecular formula is C15H21NO. The van der Waals surface area contributed by atoms with Crippen LogP contribution >= 0.6 is 0 Å². The fourth-order valence-corrected chi connectivity index (χ4v) is 2.66. The zero-order valence-electron chi connectivity index (χ0n) is 10.3. The summed E-state index contributed by atoms with van der Waals surface area (Å²) in [7, 11) is 0. The van der Waals surface area contributed by atoms with E-state index in [1.54, 1.807) is 0 Å². The Morgan fingerprint density at radius 2 is 1.88 bits per heavy atom. The lowest BCUT2D eigenvalue weighted by Crippen LogP contribution is -2.29. The molecule has 1 aliphatic heterocycles. The minimum atomic E-state index is 0.472. The van der Waals surface area contributed by atoms with Gasteiger partial charge in [-0.15, -0.1) is 0 Å². The van der Waals surface area contributed by atoms with Gasteiger partial charge in [-0.2, -0.15) is 0 Å². The molecule has 1 N–H and O–H groups in total. The molecule has 0 spiro atoms. The third-order valence-electron chi connectivity index (χ3n) is 3.95. The van der Waals surface area contributed by atoms with Gasteiger partial charge in [0.25, 0.3) is 0 Å². The van der Waals surface area contributed by atoms with Gasteiger partial charge in [-0.3, -0.25) is 0 Å². The van der Waals surface area contributed by atoms with Crippen molar-refractivity contribution in [1.82, 2.24) is 5.32 Å². The molecule has 1 aromatic rings. The molecule has 0 radical (unpaired) electrons. The average Bonchev–Trinajstić information content (AvgIpc) is 2.35. The van der Waals surface area contributed by atoms with Crippen LogP contribution in [0.5, 0.6) is 5.75 Å². The first-order valence-corrected chi connectivity index (χ1v) is 6.92. The van der Waals surface area contributed by atoms with Crippen molar-refractivity contribution in [3.05, 3.63) is 29.8 Å². The summed E-state index contributed by atoms with van der Waals surface area (Å²) in [6.45, 7) is 1.14. The highest BCUT2D eigenvalue weighted by Crippen LogP contribution is 2.33. The van der Waals surface area contributed by atoms with Gasteiger partial charge >= 0.3 is 0 Å². The van der Waals surface area contributed by atoms with Gasteiger partial charge in [0, 0.05) is 11.6 Å². The van der Waals surface area contributed by atoms with Crippen LogP contribution in [-0.2, 0) is 0 Å². The lowest BCUT2D eigenvalue weighted by atomic mass is 9.94. The van der Waals surface area contributed by atoms with Gasteiger partial charge in [0.2, 0.25) is 0 Å². The maximum Gasteiger partial charge on any atom is 0.124 e. The highest BCUT2D eigenvalue weighted by molar-refractivity contribution is 5.36. The zero-order chi connectivity index (χ0) is 11.5. The van der Waals surface area contributed by atoms with Gasteiger partial charge in [0.05, 0.1) is 6.10 Å². The number of hydrogen-bond donors (Lipinski definition) is 1. The summed E-state index contributed by atoms with van der Waals surface area (Å²) in [5.41, 5.74) is 1.36. The van der Waals surface area contributed by atoms with Crippen molar-refractivity contribution in [2.45, 2.75) is 50.7 Å². The van der Waals surface area contributed by atoms with Gasteiger partial charge in [0.15, 0.2) is 0 Å². The Kier molecular flexibility index (Phi) is 3.32. The lowest BCUT2D eigenvalue weighted by molar-refractivity contribution is 0.118. The summed E-state index contributed by atoms with van der Waals surface area (Å²) in [4.78, 5) is 0. The second kappa shape index (κ2) is 5.09. The van der Waals surface area contributed by atoms with Crippen LogP contribution in [0.1, 0.15) is 50.1 Å². The van der Waals surface area contributed by atoms with Crippen molar-refractivity contribution >= 4 is 0 Å². The van der Waals surface area contributed by atoms with Gasteiger partial charge < -0.3 is 10.1 Å². The molecular weight excluding hydrogens is 210 g/mol. The predicted molar refractivity (Wildman–Crippen MR) is 69.3 cm³/mol. The summed E-state index contributed by atoms with van der Waals surface area (Å²) in [6.07, 6.45) is 8.13. The van der Waals surface area contributed by atoms with E-state index < -0.39 is 0 Å². The zero-order valence-corrected chi connectivity index (χ0v) is 10.3. The second-order valence-corrected chi connectivity index (χ2v) is 5.21. The van der Waals surface area contributed by atoms with Crippen molar-refractivity contribution in [1.29, 1.82) is 0 Å². The van der Waals surface area contributed by atoms with E-state index in [0.29, 0.717) is 12.1 Å². The normalized spacial score (nSPS) is 25.3. The minimum absolute atomic E-state index is 0.472. The molecule has 0 aromatic heterocycles. The molecule has 92 valence electrons. The summed E-state index contributed by atoms with van der Waals surface area (Å²) >= 11 is 0. The fourth-order valence-electron chi connectivity index (χ4n) is 2.66. The molecule has 17 heavy (non-hydrogen) atoms. The van der Waals surface area contributed by atoms with Gasteiger partial charge in [-0.25, -0.2) is 0 Å². The monoisotopic (exact) mass is 231 g/mol. The number of hydrogen-bond acceptors (Lipinski definition) is 2. The summed E-state index contributed by atoms with van der Waals surface area (Å²) < 4.78 is 6.09. The van der Waals surface area contributed by atoms with E-state index >= 15 is 0 Å². The second-order valence-electron chi connectivity index (χ2n) is 5.21. The van der Waals surface area contributed by atoms with Crippen LogP contribution in [0.25, 0.3) is 0 Å². The van der Waals surface area contributed by atoms with Crippen LogP contribution in [0.15, 0.2) is 24.3 Å². The first-order valence-electron chi connectivity index (χ1n) is 6.92. The third-order valence-corrected chi connectivity index (χ3v) is 3.95.